The Kier molecular flexibility index (Phi) is 5.31. The summed E-state index contributed by atoms with van der Waals surface area (Å²) in [5, 5.41) is 9.42. The van der Waals surface area contributed by atoms with E-state index in [-0.39, 0.29) is 15.6 Å². The van der Waals surface area contributed by atoms with Crippen LogP contribution < -0.4 is 9.80 Å². The number of para-hydroxylation sites is 1. The van der Waals surface area contributed by atoms with Crippen molar-refractivity contribution in [1.29, 1.82) is 0 Å². The number of piperazine rings is 1. The summed E-state index contributed by atoms with van der Waals surface area (Å²) in [6.45, 7) is 3.07. The average Bonchev–Trinajstić information content (AvgIpc) is 3.34. The Bertz CT molecular complexity index is 1630. The van der Waals surface area contributed by atoms with E-state index in [1.165, 1.54) is 10.2 Å². The smallest absolute Gasteiger partial charge is 0.229 e. The summed E-state index contributed by atoms with van der Waals surface area (Å²) in [7, 11) is -3.90. The number of aromatic nitrogens is 4. The molecule has 1 aliphatic rings. The number of sulfone groups is 1. The average molecular weight is 505 g/mol. The summed E-state index contributed by atoms with van der Waals surface area (Å²) in [6.07, 6.45) is 0. The molecular weight excluding hydrogens is 484 g/mol. The number of hydrogen-bond donors (Lipinski definition) is 0. The topological polar surface area (TPSA) is 83.7 Å². The summed E-state index contributed by atoms with van der Waals surface area (Å²) in [5.74, 6) is 0.675. The number of hydrogen-bond acceptors (Lipinski definition) is 7. The van der Waals surface area contributed by atoms with E-state index in [1.807, 2.05) is 30.3 Å². The lowest BCUT2D eigenvalue weighted by Crippen LogP contribution is -2.47. The molecule has 1 aliphatic heterocycles. The summed E-state index contributed by atoms with van der Waals surface area (Å²) < 4.78 is 28.3. The molecular formula is C25H21ClN6O2S. The van der Waals surface area contributed by atoms with Crippen molar-refractivity contribution in [3.8, 4) is 0 Å². The Morgan fingerprint density at radius 3 is 2.17 bits per heavy atom. The van der Waals surface area contributed by atoms with E-state index in [2.05, 4.69) is 32.2 Å². The third-order valence-electron chi connectivity index (χ3n) is 6.26. The molecule has 0 radical (unpaired) electrons. The molecule has 1 saturated heterocycles. The quantitative estimate of drug-likeness (QED) is 0.364. The monoisotopic (exact) mass is 504 g/mol. The lowest BCUT2D eigenvalue weighted by Gasteiger charge is -2.37. The predicted molar refractivity (Wildman–Crippen MR) is 136 cm³/mol. The molecule has 6 rings (SSSR count). The molecule has 0 bridgehead atoms. The van der Waals surface area contributed by atoms with Crippen molar-refractivity contribution < 1.29 is 8.42 Å². The van der Waals surface area contributed by atoms with Gasteiger partial charge in [0.05, 0.1) is 10.4 Å². The SMILES string of the molecule is O=S(=O)(c1ccccc1)c1nnn2c1nc(N1CCN(c3ccccc3)CC1)c1cc(Cl)ccc12. The van der Waals surface area contributed by atoms with Crippen molar-refractivity contribution in [1.82, 2.24) is 19.8 Å². The molecule has 0 amide bonds. The maximum absolute atomic E-state index is 13.4. The zero-order chi connectivity index (χ0) is 24.0. The number of nitrogens with zero attached hydrogens (tertiary/aromatic N) is 6. The molecule has 2 aromatic heterocycles. The van der Waals surface area contributed by atoms with E-state index >= 15 is 0 Å². The minimum absolute atomic E-state index is 0.151. The van der Waals surface area contributed by atoms with Crippen molar-refractivity contribution in [2.45, 2.75) is 9.92 Å². The third kappa shape index (κ3) is 3.77. The van der Waals surface area contributed by atoms with Crippen molar-refractivity contribution in [2.24, 2.45) is 0 Å². The molecule has 0 unspecified atom stereocenters. The number of fused-ring (bicyclic) bond motifs is 3. The predicted octanol–water partition coefficient (Wildman–Crippen LogP) is 4.09. The largest absolute Gasteiger partial charge is 0.368 e. The molecule has 5 aromatic rings. The minimum Gasteiger partial charge on any atom is -0.368 e. The maximum Gasteiger partial charge on any atom is 0.229 e. The Morgan fingerprint density at radius 1 is 0.800 bits per heavy atom. The first kappa shape index (κ1) is 21.8. The summed E-state index contributed by atoms with van der Waals surface area (Å²) in [5.41, 5.74) is 2.07. The van der Waals surface area contributed by atoms with Crippen LogP contribution in [0.25, 0.3) is 16.6 Å². The first-order valence-corrected chi connectivity index (χ1v) is 13.1. The molecule has 10 heteroatoms. The first-order valence-electron chi connectivity index (χ1n) is 11.2. The normalized spacial score (nSPS) is 14.7. The Hall–Kier alpha value is -3.69. The van der Waals surface area contributed by atoms with Crippen LogP contribution in [0.5, 0.6) is 0 Å². The first-order chi connectivity index (χ1) is 17.0. The molecule has 3 aromatic carbocycles. The third-order valence-corrected chi connectivity index (χ3v) is 8.17. The van der Waals surface area contributed by atoms with E-state index in [4.69, 9.17) is 16.6 Å². The van der Waals surface area contributed by atoms with Crippen LogP contribution in [0.15, 0.2) is 88.8 Å². The highest BCUT2D eigenvalue weighted by Crippen LogP contribution is 2.32. The van der Waals surface area contributed by atoms with E-state index in [1.54, 1.807) is 36.4 Å². The Morgan fingerprint density at radius 2 is 1.46 bits per heavy atom. The van der Waals surface area contributed by atoms with Crippen LogP contribution in [0.4, 0.5) is 11.5 Å². The zero-order valence-electron chi connectivity index (χ0n) is 18.6. The van der Waals surface area contributed by atoms with Gasteiger partial charge in [0.25, 0.3) is 0 Å². The highest BCUT2D eigenvalue weighted by Gasteiger charge is 2.28. The van der Waals surface area contributed by atoms with Gasteiger partial charge in [0, 0.05) is 42.3 Å². The maximum atomic E-state index is 13.4. The molecule has 35 heavy (non-hydrogen) atoms. The molecule has 0 aliphatic carbocycles. The van der Waals surface area contributed by atoms with Crippen LogP contribution in [-0.4, -0.2) is 54.4 Å². The van der Waals surface area contributed by atoms with Gasteiger partial charge in [-0.3, -0.25) is 0 Å². The van der Waals surface area contributed by atoms with Gasteiger partial charge < -0.3 is 9.80 Å². The summed E-state index contributed by atoms with van der Waals surface area (Å²) in [6, 6.07) is 23.9. The van der Waals surface area contributed by atoms with Crippen LogP contribution in [0, 0.1) is 0 Å². The van der Waals surface area contributed by atoms with Gasteiger partial charge >= 0.3 is 0 Å². The highest BCUT2D eigenvalue weighted by atomic mass is 35.5. The second kappa shape index (κ2) is 8.51. The number of halogens is 1. The van der Waals surface area contributed by atoms with Crippen LogP contribution in [0.3, 0.4) is 0 Å². The van der Waals surface area contributed by atoms with Gasteiger partial charge in [-0.25, -0.2) is 13.4 Å². The summed E-state index contributed by atoms with van der Waals surface area (Å²) >= 11 is 6.35. The molecule has 3 heterocycles. The minimum atomic E-state index is -3.90. The second-order valence-corrected chi connectivity index (χ2v) is 10.7. The van der Waals surface area contributed by atoms with Crippen molar-refractivity contribution in [2.75, 3.05) is 36.0 Å². The van der Waals surface area contributed by atoms with Crippen LogP contribution in [0.2, 0.25) is 5.02 Å². The molecule has 176 valence electrons. The molecule has 0 spiro atoms. The zero-order valence-corrected chi connectivity index (χ0v) is 20.2. The van der Waals surface area contributed by atoms with Crippen molar-refractivity contribution >= 4 is 49.5 Å². The van der Waals surface area contributed by atoms with Gasteiger partial charge in [-0.15, -0.1) is 5.10 Å². The summed E-state index contributed by atoms with van der Waals surface area (Å²) in [4.78, 5) is 9.48. The van der Waals surface area contributed by atoms with Crippen LogP contribution in [-0.2, 0) is 9.84 Å². The molecule has 0 N–H and O–H groups in total. The molecule has 1 fully saturated rings. The fourth-order valence-corrected chi connectivity index (χ4v) is 5.92. The second-order valence-electron chi connectivity index (χ2n) is 8.35. The van der Waals surface area contributed by atoms with Gasteiger partial charge in [0.1, 0.15) is 5.82 Å². The Labute approximate surface area is 207 Å². The van der Waals surface area contributed by atoms with Crippen LogP contribution in [0.1, 0.15) is 0 Å². The van der Waals surface area contributed by atoms with Gasteiger partial charge in [-0.2, -0.15) is 4.52 Å². The lowest BCUT2D eigenvalue weighted by atomic mass is 10.2. The van der Waals surface area contributed by atoms with Gasteiger partial charge in [0.2, 0.25) is 14.9 Å². The highest BCUT2D eigenvalue weighted by molar-refractivity contribution is 7.91. The van der Waals surface area contributed by atoms with Crippen LogP contribution >= 0.6 is 11.6 Å². The lowest BCUT2D eigenvalue weighted by molar-refractivity contribution is 0.592. The van der Waals surface area contributed by atoms with E-state index in [0.29, 0.717) is 16.4 Å². The number of rotatable bonds is 4. The number of benzene rings is 3. The van der Waals surface area contributed by atoms with Crippen molar-refractivity contribution in [3.63, 3.8) is 0 Å². The molecule has 0 atom stereocenters. The van der Waals surface area contributed by atoms with Gasteiger partial charge in [-0.05, 0) is 42.5 Å². The van der Waals surface area contributed by atoms with E-state index < -0.39 is 9.84 Å². The van der Waals surface area contributed by atoms with E-state index in [0.717, 1.165) is 31.6 Å². The van der Waals surface area contributed by atoms with Crippen molar-refractivity contribution in [3.05, 3.63) is 83.9 Å². The standard InChI is InChI=1S/C25H21ClN6O2S/c26-18-11-12-22-21(17-18)23(31-15-13-30(14-16-31)19-7-3-1-4-8-19)27-24-25(28-29-32(22)24)35(33,34)20-9-5-2-6-10-20/h1-12,17H,13-16H2. The fraction of sp³-hybridized carbons (Fsp3) is 0.160. The van der Waals surface area contributed by atoms with Gasteiger partial charge in [0.15, 0.2) is 5.65 Å². The molecule has 0 saturated carbocycles. The Balaban J connectivity index is 1.46. The number of anilines is 2. The fourth-order valence-electron chi connectivity index (χ4n) is 4.49. The van der Waals surface area contributed by atoms with Gasteiger partial charge in [-0.1, -0.05) is 53.2 Å². The van der Waals surface area contributed by atoms with E-state index in [9.17, 15) is 8.42 Å². The molecule has 8 nitrogen and oxygen atoms in total.